The first-order valence-electron chi connectivity index (χ1n) is 20.4. The summed E-state index contributed by atoms with van der Waals surface area (Å²) in [6.07, 6.45) is 6.42. The largest absolute Gasteiger partial charge is 0.616 e. The molecule has 0 saturated carbocycles. The molecule has 1 aliphatic heterocycles. The van der Waals surface area contributed by atoms with Crippen molar-refractivity contribution in [3.05, 3.63) is 118 Å². The summed E-state index contributed by atoms with van der Waals surface area (Å²) in [6.45, 7) is 7.02. The van der Waals surface area contributed by atoms with Crippen molar-refractivity contribution in [2.75, 3.05) is 55.4 Å². The molecule has 0 spiro atoms. The number of aromatic nitrogens is 1. The van der Waals surface area contributed by atoms with Gasteiger partial charge in [0.25, 0.3) is 15.9 Å². The Labute approximate surface area is 365 Å². The number of anilines is 2. The Hall–Kier alpha value is -4.58. The maximum atomic E-state index is 13.8. The van der Waals surface area contributed by atoms with Crippen LogP contribution in [0.5, 0.6) is 11.5 Å². The van der Waals surface area contributed by atoms with Crippen LogP contribution in [0.1, 0.15) is 61.9 Å². The van der Waals surface area contributed by atoms with E-state index in [-0.39, 0.29) is 38.9 Å². The van der Waals surface area contributed by atoms with E-state index in [9.17, 15) is 28.2 Å². The first-order chi connectivity index (χ1) is 29.0. The van der Waals surface area contributed by atoms with Crippen molar-refractivity contribution < 1.29 is 27.7 Å². The van der Waals surface area contributed by atoms with E-state index in [0.717, 1.165) is 62.7 Å². The van der Waals surface area contributed by atoms with Gasteiger partial charge in [-0.05, 0) is 115 Å². The van der Waals surface area contributed by atoms with Crippen LogP contribution in [0.3, 0.4) is 0 Å². The number of carbonyl (C=O) groups is 1. The number of amides is 1. The van der Waals surface area contributed by atoms with Gasteiger partial charge in [0.05, 0.1) is 16.1 Å². The highest BCUT2D eigenvalue weighted by atomic mass is 35.5. The number of hydrogen-bond donors (Lipinski definition) is 6. The summed E-state index contributed by atoms with van der Waals surface area (Å²) in [4.78, 5) is 14.7. The number of sulfonamides is 1. The van der Waals surface area contributed by atoms with Gasteiger partial charge in [0, 0.05) is 66.1 Å². The second kappa shape index (κ2) is 18.8. The minimum absolute atomic E-state index is 0.0400. The maximum Gasteiger partial charge on any atom is 0.268 e. The number of benzene rings is 4. The van der Waals surface area contributed by atoms with Crippen LogP contribution in [0, 0.1) is 16.5 Å². The van der Waals surface area contributed by atoms with Gasteiger partial charge in [-0.3, -0.25) is 4.79 Å². The fourth-order valence-corrected chi connectivity index (χ4v) is 10.4. The highest BCUT2D eigenvalue weighted by Crippen LogP contribution is 2.43. The highest BCUT2D eigenvalue weighted by Gasteiger charge is 2.29. The second-order valence-electron chi connectivity index (χ2n) is 16.7. The summed E-state index contributed by atoms with van der Waals surface area (Å²) in [5.74, 6) is 1.02. The van der Waals surface area contributed by atoms with E-state index < -0.39 is 31.9 Å². The Morgan fingerprint density at radius 3 is 2.52 bits per heavy atom. The van der Waals surface area contributed by atoms with Crippen LogP contribution in [0.4, 0.5) is 17.1 Å². The number of ether oxygens (including phenoxy) is 1. The summed E-state index contributed by atoms with van der Waals surface area (Å²) >= 11 is 5.36. The minimum Gasteiger partial charge on any atom is -0.616 e. The van der Waals surface area contributed by atoms with Crippen molar-refractivity contribution in [3.8, 4) is 11.5 Å². The summed E-state index contributed by atoms with van der Waals surface area (Å²) in [7, 11) is -3.58. The molecule has 1 amide bonds. The molecule has 2 heterocycles. The van der Waals surface area contributed by atoms with E-state index in [1.165, 1.54) is 34.9 Å². The number of hydrogen-bond acceptors (Lipinski definition) is 10. The third-order valence-corrected chi connectivity index (χ3v) is 14.3. The zero-order chi connectivity index (χ0) is 43.4. The molecule has 61 heavy (non-hydrogen) atoms. The molecule has 1 aliphatic carbocycles. The van der Waals surface area contributed by atoms with Gasteiger partial charge in [-0.15, -0.1) is 0 Å². The lowest BCUT2D eigenvalue weighted by Gasteiger charge is -2.34. The summed E-state index contributed by atoms with van der Waals surface area (Å²) in [6, 6.07) is 23.9. The number of nitrogens with zero attached hydrogens (tertiary/aromatic N) is 1. The third-order valence-electron chi connectivity index (χ3n) is 11.4. The molecular weight excluding hydrogens is 836 g/mol. The SMILES string of the molecule is CC1(C)CCC(CNCCNc2ccc(C(=O)NS(=O)(=O)c3ccc(NCC4CC[S+]([O-])CC4)c([N+](C)([O-])O)c3)c(Oc3ccc4[nH]ccc4c3)c2)=C(c2ccc(Cl)cc2)C1. The Bertz CT molecular complexity index is 2500. The summed E-state index contributed by atoms with van der Waals surface area (Å²) < 4.78 is 47.6. The first kappa shape index (κ1) is 44.5. The molecular formula is C45H53ClN6O7S2. The van der Waals surface area contributed by atoms with E-state index in [0.29, 0.717) is 47.6 Å². The lowest BCUT2D eigenvalue weighted by atomic mass is 9.72. The van der Waals surface area contributed by atoms with Crippen molar-refractivity contribution >= 4 is 72.2 Å². The average Bonchev–Trinajstić information content (AvgIpc) is 3.69. The van der Waals surface area contributed by atoms with Gasteiger partial charge < -0.3 is 35.4 Å². The number of fused-ring (bicyclic) bond motifs is 1. The molecule has 0 bridgehead atoms. The molecule has 7 rings (SSSR count). The van der Waals surface area contributed by atoms with Crippen molar-refractivity contribution in [2.45, 2.75) is 50.8 Å². The lowest BCUT2D eigenvalue weighted by molar-refractivity contribution is -0.00401. The van der Waals surface area contributed by atoms with E-state index >= 15 is 0 Å². The molecule has 13 nitrogen and oxygen atoms in total. The summed E-state index contributed by atoms with van der Waals surface area (Å²) in [5, 5.41) is 35.0. The fraction of sp³-hybridized carbons (Fsp3) is 0.356. The number of carbonyl (C=O) groups excluding carboxylic acids is 1. The number of H-pyrrole nitrogens is 1. The monoisotopic (exact) mass is 888 g/mol. The Balaban J connectivity index is 1.06. The molecule has 4 aromatic carbocycles. The molecule has 1 unspecified atom stereocenters. The maximum absolute atomic E-state index is 13.8. The molecule has 1 atom stereocenters. The lowest BCUT2D eigenvalue weighted by Crippen LogP contribution is -2.35. The second-order valence-corrected chi connectivity index (χ2v) is 20.6. The van der Waals surface area contributed by atoms with Gasteiger partial charge in [0.2, 0.25) is 0 Å². The van der Waals surface area contributed by atoms with Gasteiger partial charge in [-0.2, -0.15) is 4.81 Å². The quantitative estimate of drug-likeness (QED) is 0.0242. The predicted molar refractivity (Wildman–Crippen MR) is 245 cm³/mol. The van der Waals surface area contributed by atoms with Crippen LogP contribution >= 0.6 is 11.6 Å². The van der Waals surface area contributed by atoms with Crippen LogP contribution in [-0.4, -0.2) is 73.8 Å². The first-order valence-corrected chi connectivity index (χ1v) is 23.8. The number of halogens is 1. The Morgan fingerprint density at radius 1 is 1.00 bits per heavy atom. The van der Waals surface area contributed by atoms with Crippen molar-refractivity contribution in [1.29, 1.82) is 0 Å². The molecule has 324 valence electrons. The van der Waals surface area contributed by atoms with Crippen LogP contribution < -0.4 is 30.2 Å². The number of quaternary nitrogens is 1. The van der Waals surface area contributed by atoms with Gasteiger partial charge in [0.15, 0.2) is 5.69 Å². The van der Waals surface area contributed by atoms with Crippen LogP contribution in [0.2, 0.25) is 5.02 Å². The molecule has 1 fully saturated rings. The van der Waals surface area contributed by atoms with Crippen molar-refractivity contribution in [3.63, 3.8) is 0 Å². The highest BCUT2D eigenvalue weighted by molar-refractivity contribution is 7.91. The zero-order valence-corrected chi connectivity index (χ0v) is 36.9. The number of allylic oxidation sites excluding steroid dienone is 1. The van der Waals surface area contributed by atoms with Gasteiger partial charge >= 0.3 is 0 Å². The molecule has 1 saturated heterocycles. The van der Waals surface area contributed by atoms with E-state index in [1.807, 2.05) is 30.3 Å². The van der Waals surface area contributed by atoms with E-state index in [1.54, 1.807) is 24.4 Å². The predicted octanol–water partition coefficient (Wildman–Crippen LogP) is 8.79. The molecule has 16 heteroatoms. The molecule has 6 N–H and O–H groups in total. The van der Waals surface area contributed by atoms with Gasteiger partial charge in [-0.25, -0.2) is 18.3 Å². The van der Waals surface area contributed by atoms with Crippen molar-refractivity contribution in [2.24, 2.45) is 11.3 Å². The number of rotatable bonds is 16. The van der Waals surface area contributed by atoms with Crippen molar-refractivity contribution in [1.82, 2.24) is 19.8 Å². The van der Waals surface area contributed by atoms with Gasteiger partial charge in [-0.1, -0.05) is 54.3 Å². The smallest absolute Gasteiger partial charge is 0.268 e. The molecule has 5 aromatic rings. The van der Waals surface area contributed by atoms with Crippen LogP contribution in [-0.2, 0) is 21.2 Å². The number of nitrogens with one attached hydrogen (secondary N) is 5. The normalized spacial score (nSPS) is 19.0. The Kier molecular flexibility index (Phi) is 13.7. The Morgan fingerprint density at radius 2 is 1.77 bits per heavy atom. The van der Waals surface area contributed by atoms with Crippen LogP contribution in [0.15, 0.2) is 102 Å². The van der Waals surface area contributed by atoms with Gasteiger partial charge in [0.1, 0.15) is 30.1 Å². The standard InChI is InChI=1S/C45H53ClN6O7S2/c1-45(2)18-14-33(39(27-45)31-4-6-34(46)7-5-31)29-47-20-21-48-35-8-11-38(43(25-35)59-36-9-12-40-32(24-36)15-19-49-40)44(53)51-61(57,58)37-10-13-41(42(26-37)52(3,54)55)50-28-30-16-22-60(56)23-17-30/h4-13,15,19,24-26,30,47-50,54H,14,16-18,20-23,27-29H2,1-3H3,(H,51,53). The topological polar surface area (TPSA) is 191 Å². The van der Waals surface area contributed by atoms with E-state index in [2.05, 4.69) is 51.6 Å². The number of hydroxylamine groups is 2. The van der Waals surface area contributed by atoms with Crippen LogP contribution in [0.25, 0.3) is 16.5 Å². The molecule has 0 radical (unpaired) electrons. The third kappa shape index (κ3) is 11.5. The minimum atomic E-state index is -4.54. The number of aromatic amines is 1. The molecule has 2 aliphatic rings. The summed E-state index contributed by atoms with van der Waals surface area (Å²) in [5.41, 5.74) is 5.69. The van der Waals surface area contributed by atoms with E-state index in [4.69, 9.17) is 16.3 Å². The zero-order valence-electron chi connectivity index (χ0n) is 34.6. The average molecular weight is 890 g/mol. The fourth-order valence-electron chi connectivity index (χ4n) is 7.85. The molecule has 1 aromatic heterocycles.